The molecule has 0 aliphatic heterocycles. The van der Waals surface area contributed by atoms with Gasteiger partial charge in [-0.15, -0.1) is 0 Å². The molecule has 2 aromatic carbocycles. The van der Waals surface area contributed by atoms with Crippen molar-refractivity contribution < 1.29 is 4.39 Å². The summed E-state index contributed by atoms with van der Waals surface area (Å²) in [5.41, 5.74) is 5.08. The number of benzene rings is 2. The SMILES string of the molecule is CC(C)(C)c1cnc[nH]1.CCCCB(c1cccc(F)c1)c1ccccc1C. The molecule has 3 aromatic rings. The highest BCUT2D eigenvalue weighted by Gasteiger charge is 2.20. The molecular formula is C24H32BFN2. The second kappa shape index (κ2) is 10.3. The van der Waals surface area contributed by atoms with Crippen molar-refractivity contribution in [1.29, 1.82) is 0 Å². The van der Waals surface area contributed by atoms with Crippen LogP contribution in [0.1, 0.15) is 51.8 Å². The summed E-state index contributed by atoms with van der Waals surface area (Å²) in [6.45, 7) is 11.1. The standard InChI is InChI=1S/C17H20BF.C7H12N2/c1-3-4-12-18(15-9-7-10-16(19)13-15)17-11-6-5-8-14(17)2;1-7(2,3)6-4-8-5-9-6/h5-11,13H,3-4,12H2,1-2H3;4-5H,1-3H3,(H,8,9). The number of unbranched alkanes of at least 4 members (excludes halogenated alkanes) is 1. The molecule has 28 heavy (non-hydrogen) atoms. The second-order valence-electron chi connectivity index (χ2n) is 8.32. The van der Waals surface area contributed by atoms with Gasteiger partial charge in [-0.05, 0) is 19.1 Å². The Morgan fingerprint density at radius 1 is 1.07 bits per heavy atom. The molecule has 0 saturated carbocycles. The summed E-state index contributed by atoms with van der Waals surface area (Å²) in [4.78, 5) is 7.00. The van der Waals surface area contributed by atoms with Crippen molar-refractivity contribution in [2.45, 2.75) is 59.2 Å². The normalized spacial score (nSPS) is 10.9. The number of hydrogen-bond donors (Lipinski definition) is 1. The molecule has 0 spiro atoms. The predicted octanol–water partition coefficient (Wildman–Crippen LogP) is 5.25. The van der Waals surface area contributed by atoms with Crippen LogP contribution in [-0.4, -0.2) is 16.7 Å². The average Bonchev–Trinajstić information content (AvgIpc) is 3.19. The minimum Gasteiger partial charge on any atom is -0.348 e. The van der Waals surface area contributed by atoms with E-state index in [0.717, 1.165) is 24.6 Å². The van der Waals surface area contributed by atoms with Gasteiger partial charge >= 0.3 is 0 Å². The molecule has 0 atom stereocenters. The van der Waals surface area contributed by atoms with Gasteiger partial charge < -0.3 is 4.98 Å². The fourth-order valence-electron chi connectivity index (χ4n) is 3.28. The summed E-state index contributed by atoms with van der Waals surface area (Å²) in [7, 11) is 0. The van der Waals surface area contributed by atoms with E-state index in [2.05, 4.69) is 68.9 Å². The molecule has 0 fully saturated rings. The van der Waals surface area contributed by atoms with Crippen LogP contribution in [0, 0.1) is 12.7 Å². The first-order chi connectivity index (χ1) is 13.3. The maximum Gasteiger partial charge on any atom is 0.209 e. The quantitative estimate of drug-likeness (QED) is 0.604. The van der Waals surface area contributed by atoms with Crippen LogP contribution in [0.2, 0.25) is 6.32 Å². The fraction of sp³-hybridized carbons (Fsp3) is 0.375. The predicted molar refractivity (Wildman–Crippen MR) is 120 cm³/mol. The van der Waals surface area contributed by atoms with Crippen molar-refractivity contribution in [1.82, 2.24) is 9.97 Å². The number of aryl methyl sites for hydroxylation is 1. The van der Waals surface area contributed by atoms with Crippen molar-refractivity contribution in [3.63, 3.8) is 0 Å². The topological polar surface area (TPSA) is 28.7 Å². The lowest BCUT2D eigenvalue weighted by Gasteiger charge is -2.16. The van der Waals surface area contributed by atoms with E-state index in [-0.39, 0.29) is 11.2 Å². The summed E-state index contributed by atoms with van der Waals surface area (Å²) >= 11 is 0. The van der Waals surface area contributed by atoms with Gasteiger partial charge in [0.15, 0.2) is 0 Å². The minimum absolute atomic E-state index is 0.146. The van der Waals surface area contributed by atoms with Crippen LogP contribution < -0.4 is 10.9 Å². The number of halogens is 1. The first-order valence-corrected chi connectivity index (χ1v) is 10.1. The molecule has 1 N–H and O–H groups in total. The number of H-pyrrole nitrogens is 1. The van der Waals surface area contributed by atoms with Gasteiger partial charge in [-0.3, -0.25) is 0 Å². The average molecular weight is 378 g/mol. The molecule has 0 aliphatic rings. The highest BCUT2D eigenvalue weighted by atomic mass is 19.1. The zero-order valence-electron chi connectivity index (χ0n) is 17.8. The van der Waals surface area contributed by atoms with Gasteiger partial charge in [-0.25, -0.2) is 9.37 Å². The van der Waals surface area contributed by atoms with Crippen LogP contribution in [-0.2, 0) is 5.41 Å². The Kier molecular flexibility index (Phi) is 8.04. The van der Waals surface area contributed by atoms with Gasteiger partial charge in [-0.2, -0.15) is 0 Å². The number of rotatable bonds is 5. The molecule has 0 radical (unpaired) electrons. The molecule has 0 unspecified atom stereocenters. The third-order valence-electron chi connectivity index (χ3n) is 4.97. The number of imidazole rings is 1. The molecule has 0 saturated heterocycles. The van der Waals surface area contributed by atoms with E-state index in [1.165, 1.54) is 22.8 Å². The Bertz CT molecular complexity index is 838. The minimum atomic E-state index is -0.146. The van der Waals surface area contributed by atoms with Crippen molar-refractivity contribution in [2.24, 2.45) is 0 Å². The molecule has 3 rings (SSSR count). The van der Waals surface area contributed by atoms with Gasteiger partial charge in [0.1, 0.15) is 5.82 Å². The van der Waals surface area contributed by atoms with Gasteiger partial charge in [0.2, 0.25) is 6.71 Å². The van der Waals surface area contributed by atoms with Crippen molar-refractivity contribution in [2.75, 3.05) is 0 Å². The largest absolute Gasteiger partial charge is 0.348 e. The maximum absolute atomic E-state index is 13.5. The van der Waals surface area contributed by atoms with Crippen molar-refractivity contribution in [3.05, 3.63) is 78.1 Å². The molecular weight excluding hydrogens is 346 g/mol. The smallest absolute Gasteiger partial charge is 0.209 e. The lowest BCUT2D eigenvalue weighted by molar-refractivity contribution is 0.572. The van der Waals surface area contributed by atoms with E-state index >= 15 is 0 Å². The van der Waals surface area contributed by atoms with E-state index in [1.807, 2.05) is 18.3 Å². The van der Waals surface area contributed by atoms with E-state index in [4.69, 9.17) is 0 Å². The summed E-state index contributed by atoms with van der Waals surface area (Å²) in [6.07, 6.45) is 6.97. The summed E-state index contributed by atoms with van der Waals surface area (Å²) in [6, 6.07) is 15.5. The summed E-state index contributed by atoms with van der Waals surface area (Å²) in [5.74, 6) is -0.146. The van der Waals surface area contributed by atoms with E-state index in [9.17, 15) is 4.39 Å². The van der Waals surface area contributed by atoms with Crippen LogP contribution >= 0.6 is 0 Å². The van der Waals surface area contributed by atoms with Gasteiger partial charge in [0.25, 0.3) is 0 Å². The third kappa shape index (κ3) is 6.37. The van der Waals surface area contributed by atoms with E-state index in [0.29, 0.717) is 6.71 Å². The first-order valence-electron chi connectivity index (χ1n) is 10.1. The zero-order valence-corrected chi connectivity index (χ0v) is 17.8. The van der Waals surface area contributed by atoms with Gasteiger partial charge in [-0.1, -0.05) is 99.7 Å². The van der Waals surface area contributed by atoms with Crippen LogP contribution in [0.3, 0.4) is 0 Å². The molecule has 4 heteroatoms. The van der Waals surface area contributed by atoms with Gasteiger partial charge in [0.05, 0.1) is 6.33 Å². The summed E-state index contributed by atoms with van der Waals surface area (Å²) < 4.78 is 13.5. The van der Waals surface area contributed by atoms with E-state index < -0.39 is 0 Å². The Labute approximate surface area is 169 Å². The monoisotopic (exact) mass is 378 g/mol. The van der Waals surface area contributed by atoms with Crippen molar-refractivity contribution >= 4 is 17.6 Å². The fourth-order valence-corrected chi connectivity index (χ4v) is 3.28. The van der Waals surface area contributed by atoms with E-state index in [1.54, 1.807) is 12.4 Å². The first kappa shape index (κ1) is 21.9. The van der Waals surface area contributed by atoms with Crippen LogP contribution in [0.5, 0.6) is 0 Å². The molecule has 1 aromatic heterocycles. The molecule has 0 aliphatic carbocycles. The van der Waals surface area contributed by atoms with Crippen LogP contribution in [0.25, 0.3) is 0 Å². The highest BCUT2D eigenvalue weighted by molar-refractivity contribution is 6.85. The Balaban J connectivity index is 0.000000261. The Morgan fingerprint density at radius 2 is 1.82 bits per heavy atom. The molecule has 0 amide bonds. The second-order valence-corrected chi connectivity index (χ2v) is 8.32. The molecule has 148 valence electrons. The zero-order chi connectivity index (χ0) is 20.6. The van der Waals surface area contributed by atoms with Crippen molar-refractivity contribution in [3.8, 4) is 0 Å². The molecule has 2 nitrogen and oxygen atoms in total. The number of aromatic nitrogens is 2. The molecule has 1 heterocycles. The Hall–Kier alpha value is -2.36. The number of nitrogens with zero attached hydrogens (tertiary/aromatic N) is 1. The number of aromatic amines is 1. The van der Waals surface area contributed by atoms with Crippen LogP contribution in [0.4, 0.5) is 4.39 Å². The lowest BCUT2D eigenvalue weighted by atomic mass is 9.37. The lowest BCUT2D eigenvalue weighted by Crippen LogP contribution is -2.43. The third-order valence-corrected chi connectivity index (χ3v) is 4.97. The number of hydrogen-bond acceptors (Lipinski definition) is 1. The Morgan fingerprint density at radius 3 is 2.36 bits per heavy atom. The van der Waals surface area contributed by atoms with Gasteiger partial charge in [0, 0.05) is 17.3 Å². The molecule has 0 bridgehead atoms. The highest BCUT2D eigenvalue weighted by Crippen LogP contribution is 2.17. The number of nitrogens with one attached hydrogen (secondary N) is 1. The van der Waals surface area contributed by atoms with Crippen LogP contribution in [0.15, 0.2) is 61.1 Å². The summed E-state index contributed by atoms with van der Waals surface area (Å²) in [5, 5.41) is 0. The maximum atomic E-state index is 13.5.